The summed E-state index contributed by atoms with van der Waals surface area (Å²) in [5.74, 6) is 0. The van der Waals surface area contributed by atoms with E-state index >= 15 is 0 Å². The maximum atomic E-state index is 12.7. The molecule has 0 fully saturated rings. The van der Waals surface area contributed by atoms with E-state index in [1.807, 2.05) is 66.7 Å². The molecular formula is C21H16N2OS. The molecule has 0 bridgehead atoms. The topological polar surface area (TPSA) is 42.0 Å². The molecule has 0 aliphatic rings. The molecule has 4 aromatic rings. The van der Waals surface area contributed by atoms with E-state index in [4.69, 9.17) is 0 Å². The van der Waals surface area contributed by atoms with Gasteiger partial charge >= 0.3 is 0 Å². The van der Waals surface area contributed by atoms with Gasteiger partial charge in [-0.25, -0.2) is 4.21 Å². The molecule has 25 heavy (non-hydrogen) atoms. The Morgan fingerprint density at radius 3 is 2.32 bits per heavy atom. The average Bonchev–Trinajstić information content (AvgIpc) is 2.69. The highest BCUT2D eigenvalue weighted by atomic mass is 32.2. The number of hydrogen-bond donors (Lipinski definition) is 1. The fourth-order valence-corrected chi connectivity index (χ4v) is 3.64. The van der Waals surface area contributed by atoms with Gasteiger partial charge in [0.25, 0.3) is 0 Å². The minimum absolute atomic E-state index is 0.737. The second kappa shape index (κ2) is 6.87. The van der Waals surface area contributed by atoms with Gasteiger partial charge in [0.15, 0.2) is 0 Å². The van der Waals surface area contributed by atoms with E-state index in [2.05, 4.69) is 21.8 Å². The molecule has 0 saturated heterocycles. The first kappa shape index (κ1) is 15.5. The van der Waals surface area contributed by atoms with E-state index < -0.39 is 11.0 Å². The summed E-state index contributed by atoms with van der Waals surface area (Å²) < 4.78 is 15.8. The van der Waals surface area contributed by atoms with Crippen LogP contribution < -0.4 is 4.72 Å². The van der Waals surface area contributed by atoms with Crippen molar-refractivity contribution in [1.82, 2.24) is 4.98 Å². The van der Waals surface area contributed by atoms with E-state index in [-0.39, 0.29) is 0 Å². The zero-order chi connectivity index (χ0) is 17.1. The standard InChI is InChI=1S/C21H16N2OS/c24-25(23-21-8-4-7-18-13-14-22-15-20(18)21)19-11-9-17(10-12-19)16-5-2-1-3-6-16/h1-15,23H. The van der Waals surface area contributed by atoms with E-state index in [9.17, 15) is 4.21 Å². The smallest absolute Gasteiger partial charge is 0.150 e. The molecule has 1 heterocycles. The predicted octanol–water partition coefficient (Wildman–Crippen LogP) is 5.04. The van der Waals surface area contributed by atoms with Gasteiger partial charge < -0.3 is 4.72 Å². The quantitative estimate of drug-likeness (QED) is 0.564. The molecule has 3 aromatic carbocycles. The van der Waals surface area contributed by atoms with Crippen molar-refractivity contribution in [2.45, 2.75) is 4.90 Å². The molecular weight excluding hydrogens is 328 g/mol. The predicted molar refractivity (Wildman–Crippen MR) is 104 cm³/mol. The van der Waals surface area contributed by atoms with Gasteiger partial charge in [-0.3, -0.25) is 4.98 Å². The van der Waals surface area contributed by atoms with E-state index in [0.29, 0.717) is 0 Å². The molecule has 3 nitrogen and oxygen atoms in total. The maximum absolute atomic E-state index is 12.7. The van der Waals surface area contributed by atoms with Crippen LogP contribution in [0.3, 0.4) is 0 Å². The molecule has 1 aromatic heterocycles. The normalized spacial score (nSPS) is 12.0. The number of fused-ring (bicyclic) bond motifs is 1. The average molecular weight is 344 g/mol. The Morgan fingerprint density at radius 1 is 0.760 bits per heavy atom. The summed E-state index contributed by atoms with van der Waals surface area (Å²) in [6, 6.07) is 25.7. The molecule has 0 aliphatic carbocycles. The van der Waals surface area contributed by atoms with Crippen LogP contribution in [0.25, 0.3) is 21.9 Å². The van der Waals surface area contributed by atoms with Gasteiger partial charge in [0.1, 0.15) is 11.0 Å². The van der Waals surface area contributed by atoms with Gasteiger partial charge in [-0.05, 0) is 40.8 Å². The van der Waals surface area contributed by atoms with Gasteiger partial charge in [-0.15, -0.1) is 0 Å². The van der Waals surface area contributed by atoms with Crippen LogP contribution in [0.1, 0.15) is 0 Å². The van der Waals surface area contributed by atoms with Crippen LogP contribution in [0.15, 0.2) is 96.2 Å². The Labute approximate surface area is 149 Å². The lowest BCUT2D eigenvalue weighted by atomic mass is 10.1. The first-order valence-corrected chi connectivity index (χ1v) is 9.13. The fraction of sp³-hybridized carbons (Fsp3) is 0. The second-order valence-corrected chi connectivity index (χ2v) is 6.88. The molecule has 0 spiro atoms. The minimum atomic E-state index is -1.33. The summed E-state index contributed by atoms with van der Waals surface area (Å²) in [4.78, 5) is 4.90. The number of rotatable bonds is 4. The maximum Gasteiger partial charge on any atom is 0.150 e. The van der Waals surface area contributed by atoms with Gasteiger partial charge in [-0.1, -0.05) is 54.6 Å². The van der Waals surface area contributed by atoms with Gasteiger partial charge in [0.05, 0.1) is 10.6 Å². The lowest BCUT2D eigenvalue weighted by Gasteiger charge is -2.09. The summed E-state index contributed by atoms with van der Waals surface area (Å²) in [5.41, 5.74) is 3.07. The number of aromatic nitrogens is 1. The van der Waals surface area contributed by atoms with Crippen molar-refractivity contribution in [3.8, 4) is 11.1 Å². The highest BCUT2D eigenvalue weighted by Gasteiger charge is 2.07. The van der Waals surface area contributed by atoms with Crippen molar-refractivity contribution in [2.75, 3.05) is 4.72 Å². The third-order valence-corrected chi connectivity index (χ3v) is 5.17. The van der Waals surface area contributed by atoms with Gasteiger partial charge in [0.2, 0.25) is 0 Å². The number of nitrogens with one attached hydrogen (secondary N) is 1. The van der Waals surface area contributed by atoms with Crippen molar-refractivity contribution in [2.24, 2.45) is 0 Å². The van der Waals surface area contributed by atoms with Crippen LogP contribution in [0.2, 0.25) is 0 Å². The van der Waals surface area contributed by atoms with E-state index in [1.54, 1.807) is 12.4 Å². The Hall–Kier alpha value is -2.98. The summed E-state index contributed by atoms with van der Waals surface area (Å²) >= 11 is 0. The highest BCUT2D eigenvalue weighted by Crippen LogP contribution is 2.25. The van der Waals surface area contributed by atoms with Crippen molar-refractivity contribution in [3.05, 3.63) is 91.3 Å². The Morgan fingerprint density at radius 2 is 1.52 bits per heavy atom. The summed E-state index contributed by atoms with van der Waals surface area (Å²) in [6.45, 7) is 0. The SMILES string of the molecule is O=S(Nc1cccc2ccncc12)c1ccc(-c2ccccc2)cc1. The molecule has 1 unspecified atom stereocenters. The van der Waals surface area contributed by atoms with Crippen LogP contribution in [-0.2, 0) is 11.0 Å². The number of hydrogen-bond acceptors (Lipinski definition) is 2. The molecule has 0 amide bonds. The summed E-state index contributed by atoms with van der Waals surface area (Å²) in [6.07, 6.45) is 3.54. The number of anilines is 1. The zero-order valence-corrected chi connectivity index (χ0v) is 14.2. The Bertz CT molecular complexity index is 1030. The third kappa shape index (κ3) is 3.30. The first-order chi connectivity index (χ1) is 12.3. The molecule has 4 heteroatoms. The molecule has 1 N–H and O–H groups in total. The van der Waals surface area contributed by atoms with Crippen LogP contribution in [-0.4, -0.2) is 9.19 Å². The van der Waals surface area contributed by atoms with Crippen molar-refractivity contribution < 1.29 is 4.21 Å². The van der Waals surface area contributed by atoms with Crippen molar-refractivity contribution in [1.29, 1.82) is 0 Å². The first-order valence-electron chi connectivity index (χ1n) is 7.98. The van der Waals surface area contributed by atoms with Crippen LogP contribution in [0.5, 0.6) is 0 Å². The second-order valence-electron chi connectivity index (χ2n) is 5.66. The third-order valence-electron chi connectivity index (χ3n) is 4.06. The zero-order valence-electron chi connectivity index (χ0n) is 13.4. The van der Waals surface area contributed by atoms with Crippen LogP contribution in [0, 0.1) is 0 Å². The minimum Gasteiger partial charge on any atom is -0.300 e. The summed E-state index contributed by atoms with van der Waals surface area (Å²) in [5, 5.41) is 2.02. The Balaban J connectivity index is 1.59. The highest BCUT2D eigenvalue weighted by molar-refractivity contribution is 7.86. The van der Waals surface area contributed by atoms with E-state index in [1.165, 1.54) is 0 Å². The lowest BCUT2D eigenvalue weighted by Crippen LogP contribution is -2.05. The van der Waals surface area contributed by atoms with E-state index in [0.717, 1.165) is 32.5 Å². The lowest BCUT2D eigenvalue weighted by molar-refractivity contribution is 0.686. The number of nitrogens with zero attached hydrogens (tertiary/aromatic N) is 1. The van der Waals surface area contributed by atoms with Gasteiger partial charge in [-0.2, -0.15) is 0 Å². The van der Waals surface area contributed by atoms with Crippen LogP contribution in [0.4, 0.5) is 5.69 Å². The van der Waals surface area contributed by atoms with Gasteiger partial charge in [0, 0.05) is 17.8 Å². The molecule has 122 valence electrons. The van der Waals surface area contributed by atoms with Crippen molar-refractivity contribution in [3.63, 3.8) is 0 Å². The van der Waals surface area contributed by atoms with Crippen molar-refractivity contribution >= 4 is 27.4 Å². The molecule has 4 rings (SSSR count). The monoisotopic (exact) mass is 344 g/mol. The van der Waals surface area contributed by atoms with Crippen LogP contribution >= 0.6 is 0 Å². The fourth-order valence-electron chi connectivity index (χ4n) is 2.76. The molecule has 0 radical (unpaired) electrons. The number of pyridine rings is 1. The molecule has 0 saturated carbocycles. The molecule has 1 atom stereocenters. The molecule has 0 aliphatic heterocycles. The summed E-state index contributed by atoms with van der Waals surface area (Å²) in [7, 11) is -1.33. The Kier molecular flexibility index (Phi) is 4.27. The number of benzene rings is 3. The largest absolute Gasteiger partial charge is 0.300 e.